The molecule has 3 aromatic rings. The van der Waals surface area contributed by atoms with Gasteiger partial charge in [0.05, 0.1) is 22.8 Å². The number of fused-ring (bicyclic) bond motifs is 1. The monoisotopic (exact) mass is 505 g/mol. The van der Waals surface area contributed by atoms with Crippen LogP contribution in [-0.2, 0) is 17.8 Å². The van der Waals surface area contributed by atoms with Gasteiger partial charge in [-0.15, -0.1) is 0 Å². The molecule has 0 radical (unpaired) electrons. The molecule has 3 heterocycles. The first-order valence-electron chi connectivity index (χ1n) is 9.87. The van der Waals surface area contributed by atoms with Gasteiger partial charge in [-0.05, 0) is 54.0 Å². The van der Waals surface area contributed by atoms with Gasteiger partial charge < -0.3 is 15.4 Å². The molecule has 1 saturated heterocycles. The highest BCUT2D eigenvalue weighted by Crippen LogP contribution is 2.28. The lowest BCUT2D eigenvalue weighted by molar-refractivity contribution is 0.0904. The van der Waals surface area contributed by atoms with Crippen LogP contribution in [0.15, 0.2) is 36.7 Å². The van der Waals surface area contributed by atoms with Gasteiger partial charge in [0.2, 0.25) is 0 Å². The Labute approximate surface area is 183 Å². The molecular formula is C21H24IN5O2. The van der Waals surface area contributed by atoms with Crippen molar-refractivity contribution in [1.29, 1.82) is 0 Å². The van der Waals surface area contributed by atoms with Crippen molar-refractivity contribution in [3.63, 3.8) is 0 Å². The van der Waals surface area contributed by atoms with Gasteiger partial charge in [0, 0.05) is 42.1 Å². The lowest BCUT2D eigenvalue weighted by Crippen LogP contribution is -2.30. The largest absolute Gasteiger partial charge is 0.381 e. The smallest absolute Gasteiger partial charge is 0.255 e. The maximum Gasteiger partial charge on any atom is 0.255 e. The van der Waals surface area contributed by atoms with E-state index in [1.54, 1.807) is 12.4 Å². The quantitative estimate of drug-likeness (QED) is 0.501. The Morgan fingerprint density at radius 2 is 2.07 bits per heavy atom. The second kappa shape index (κ2) is 9.08. The molecule has 152 valence electrons. The summed E-state index contributed by atoms with van der Waals surface area (Å²) in [6.45, 7) is 4.69. The van der Waals surface area contributed by atoms with E-state index in [0.29, 0.717) is 12.1 Å². The molecule has 4 rings (SSSR count). The number of pyridine rings is 1. The SMILES string of the molecule is CCn1ncc2c(NC3CCOCC3)c(C(=O)NCc3ccccc3I)cnc21. The lowest BCUT2D eigenvalue weighted by Gasteiger charge is -2.25. The number of nitrogens with one attached hydrogen (secondary N) is 2. The number of hydrogen-bond acceptors (Lipinski definition) is 5. The number of carbonyl (C=O) groups excluding carboxylic acids is 1. The molecule has 1 amide bonds. The highest BCUT2D eigenvalue weighted by atomic mass is 127. The minimum Gasteiger partial charge on any atom is -0.381 e. The van der Waals surface area contributed by atoms with Gasteiger partial charge in [0.1, 0.15) is 0 Å². The van der Waals surface area contributed by atoms with Gasteiger partial charge in [-0.2, -0.15) is 5.10 Å². The summed E-state index contributed by atoms with van der Waals surface area (Å²) in [5, 5.41) is 11.9. The number of anilines is 1. The molecular weight excluding hydrogens is 481 g/mol. The third kappa shape index (κ3) is 4.37. The van der Waals surface area contributed by atoms with Crippen molar-refractivity contribution in [2.45, 2.75) is 38.9 Å². The maximum absolute atomic E-state index is 13.1. The predicted molar refractivity (Wildman–Crippen MR) is 121 cm³/mol. The number of hydrogen-bond donors (Lipinski definition) is 2. The lowest BCUT2D eigenvalue weighted by atomic mass is 10.1. The summed E-state index contributed by atoms with van der Waals surface area (Å²) in [4.78, 5) is 17.6. The van der Waals surface area contributed by atoms with Crippen LogP contribution in [0.1, 0.15) is 35.7 Å². The van der Waals surface area contributed by atoms with Crippen LogP contribution in [0.5, 0.6) is 0 Å². The molecule has 1 aliphatic rings. The van der Waals surface area contributed by atoms with Crippen molar-refractivity contribution >= 4 is 45.2 Å². The fourth-order valence-corrected chi connectivity index (χ4v) is 4.12. The topological polar surface area (TPSA) is 81.1 Å². The molecule has 1 fully saturated rings. The Morgan fingerprint density at radius 1 is 1.28 bits per heavy atom. The second-order valence-corrected chi connectivity index (χ2v) is 8.21. The minimum atomic E-state index is -0.141. The van der Waals surface area contributed by atoms with Crippen molar-refractivity contribution in [3.8, 4) is 0 Å². The van der Waals surface area contributed by atoms with Crippen LogP contribution in [0, 0.1) is 3.57 Å². The zero-order valence-electron chi connectivity index (χ0n) is 16.3. The molecule has 1 aliphatic heterocycles. The van der Waals surface area contributed by atoms with Crippen LogP contribution in [0.2, 0.25) is 0 Å². The first kappa shape index (κ1) is 20.1. The summed E-state index contributed by atoms with van der Waals surface area (Å²) < 4.78 is 8.45. The molecule has 2 aromatic heterocycles. The fourth-order valence-electron chi connectivity index (χ4n) is 3.54. The summed E-state index contributed by atoms with van der Waals surface area (Å²) in [5.41, 5.74) is 3.23. The highest BCUT2D eigenvalue weighted by molar-refractivity contribution is 14.1. The Balaban J connectivity index is 1.63. The summed E-state index contributed by atoms with van der Waals surface area (Å²) in [5.74, 6) is -0.141. The highest BCUT2D eigenvalue weighted by Gasteiger charge is 2.22. The molecule has 0 bridgehead atoms. The average molecular weight is 505 g/mol. The number of halogens is 1. The summed E-state index contributed by atoms with van der Waals surface area (Å²) in [7, 11) is 0. The van der Waals surface area contributed by atoms with E-state index in [2.05, 4.69) is 43.3 Å². The van der Waals surface area contributed by atoms with Gasteiger partial charge in [0.25, 0.3) is 5.91 Å². The number of rotatable bonds is 6. The molecule has 0 atom stereocenters. The summed E-state index contributed by atoms with van der Waals surface area (Å²) >= 11 is 2.28. The van der Waals surface area contributed by atoms with E-state index in [1.165, 1.54) is 0 Å². The molecule has 0 unspecified atom stereocenters. The van der Waals surface area contributed by atoms with Crippen LogP contribution in [-0.4, -0.2) is 39.9 Å². The number of aryl methyl sites for hydroxylation is 1. The van der Waals surface area contributed by atoms with Gasteiger partial charge in [-0.3, -0.25) is 4.79 Å². The molecule has 8 heteroatoms. The average Bonchev–Trinajstić information content (AvgIpc) is 3.17. The number of aromatic nitrogens is 3. The van der Waals surface area contributed by atoms with E-state index in [0.717, 1.165) is 58.5 Å². The third-order valence-electron chi connectivity index (χ3n) is 5.18. The number of benzene rings is 1. The number of ether oxygens (including phenoxy) is 1. The van der Waals surface area contributed by atoms with Crippen molar-refractivity contribution in [2.24, 2.45) is 0 Å². The zero-order valence-corrected chi connectivity index (χ0v) is 18.5. The van der Waals surface area contributed by atoms with Crippen LogP contribution < -0.4 is 10.6 Å². The standard InChI is InChI=1S/C21H24IN5O2/c1-2-27-20-16(13-25-27)19(26-15-7-9-29-10-8-15)17(12-23-20)21(28)24-11-14-5-3-4-6-18(14)22/h3-6,12-13,15H,2,7-11H2,1H3,(H,23,26)(H,24,28). The first-order valence-corrected chi connectivity index (χ1v) is 11.0. The number of carbonyl (C=O) groups is 1. The maximum atomic E-state index is 13.1. The van der Waals surface area contributed by atoms with E-state index in [4.69, 9.17) is 4.74 Å². The first-order chi connectivity index (χ1) is 14.2. The van der Waals surface area contributed by atoms with Crippen LogP contribution in [0.25, 0.3) is 11.0 Å². The Hall–Kier alpha value is -2.20. The zero-order chi connectivity index (χ0) is 20.2. The second-order valence-electron chi connectivity index (χ2n) is 7.05. The van der Waals surface area contributed by atoms with E-state index < -0.39 is 0 Å². The predicted octanol–water partition coefficient (Wildman–Crippen LogP) is 3.58. The molecule has 2 N–H and O–H groups in total. The Kier molecular flexibility index (Phi) is 6.29. The van der Waals surface area contributed by atoms with Crippen LogP contribution in [0.3, 0.4) is 0 Å². The van der Waals surface area contributed by atoms with Crippen molar-refractivity contribution in [2.75, 3.05) is 18.5 Å². The van der Waals surface area contributed by atoms with Crippen molar-refractivity contribution in [3.05, 3.63) is 51.4 Å². The molecule has 7 nitrogen and oxygen atoms in total. The third-order valence-corrected chi connectivity index (χ3v) is 6.23. The number of nitrogens with zero attached hydrogens (tertiary/aromatic N) is 3. The van der Waals surface area contributed by atoms with E-state index in [9.17, 15) is 4.79 Å². The van der Waals surface area contributed by atoms with Gasteiger partial charge >= 0.3 is 0 Å². The Bertz CT molecular complexity index is 1010. The molecule has 29 heavy (non-hydrogen) atoms. The van der Waals surface area contributed by atoms with Crippen molar-refractivity contribution in [1.82, 2.24) is 20.1 Å². The minimum absolute atomic E-state index is 0.141. The number of amides is 1. The van der Waals surface area contributed by atoms with E-state index in [1.807, 2.05) is 35.9 Å². The van der Waals surface area contributed by atoms with Crippen LogP contribution >= 0.6 is 22.6 Å². The van der Waals surface area contributed by atoms with Crippen LogP contribution in [0.4, 0.5) is 5.69 Å². The van der Waals surface area contributed by atoms with Gasteiger partial charge in [-0.1, -0.05) is 18.2 Å². The molecule has 0 aliphatic carbocycles. The Morgan fingerprint density at radius 3 is 2.83 bits per heavy atom. The van der Waals surface area contributed by atoms with Crippen molar-refractivity contribution < 1.29 is 9.53 Å². The van der Waals surface area contributed by atoms with E-state index >= 15 is 0 Å². The summed E-state index contributed by atoms with van der Waals surface area (Å²) in [6.07, 6.45) is 5.28. The van der Waals surface area contributed by atoms with Gasteiger partial charge in [-0.25, -0.2) is 9.67 Å². The summed E-state index contributed by atoms with van der Waals surface area (Å²) in [6, 6.07) is 8.30. The van der Waals surface area contributed by atoms with E-state index in [-0.39, 0.29) is 11.9 Å². The molecule has 0 saturated carbocycles. The fraction of sp³-hybridized carbons (Fsp3) is 0.381. The molecule has 0 spiro atoms. The molecule has 1 aromatic carbocycles. The van der Waals surface area contributed by atoms with Gasteiger partial charge in [0.15, 0.2) is 5.65 Å². The normalized spacial score (nSPS) is 14.8.